The second kappa shape index (κ2) is 7.21. The van der Waals surface area contributed by atoms with E-state index >= 15 is 0 Å². The Bertz CT molecular complexity index is 838. The third-order valence-corrected chi connectivity index (χ3v) is 4.76. The van der Waals surface area contributed by atoms with Crippen LogP contribution in [0.5, 0.6) is 0 Å². The van der Waals surface area contributed by atoms with E-state index in [-0.39, 0.29) is 6.10 Å². The van der Waals surface area contributed by atoms with Crippen LogP contribution >= 0.6 is 0 Å². The van der Waals surface area contributed by atoms with Gasteiger partial charge in [-0.2, -0.15) is 14.8 Å². The minimum absolute atomic E-state index is 0.121. The number of aliphatic hydroxyl groups is 1. The van der Waals surface area contributed by atoms with Gasteiger partial charge in [0.05, 0.1) is 17.8 Å². The third-order valence-electron chi connectivity index (χ3n) is 4.76. The van der Waals surface area contributed by atoms with Gasteiger partial charge in [-0.05, 0) is 42.7 Å². The summed E-state index contributed by atoms with van der Waals surface area (Å²) in [5.41, 5.74) is 4.56. The predicted molar refractivity (Wildman–Crippen MR) is 97.3 cm³/mol. The summed E-state index contributed by atoms with van der Waals surface area (Å²) in [4.78, 5) is 2.41. The number of nitrogens with zero attached hydrogens (tertiary/aromatic N) is 4. The molecule has 3 heterocycles. The molecular formula is C19H23N5O. The lowest BCUT2D eigenvalue weighted by Gasteiger charge is -2.29. The SMILES string of the molecule is OC1CCN(Cc2cccc(NCc3cnn4ncccc34)c2)CC1. The van der Waals surface area contributed by atoms with E-state index in [1.54, 1.807) is 10.8 Å². The molecule has 25 heavy (non-hydrogen) atoms. The van der Waals surface area contributed by atoms with Crippen molar-refractivity contribution in [2.75, 3.05) is 18.4 Å². The summed E-state index contributed by atoms with van der Waals surface area (Å²) in [6.07, 6.45) is 5.23. The molecule has 0 amide bonds. The average Bonchev–Trinajstić information content (AvgIpc) is 3.06. The highest BCUT2D eigenvalue weighted by Crippen LogP contribution is 2.18. The zero-order valence-electron chi connectivity index (χ0n) is 14.2. The van der Waals surface area contributed by atoms with Crippen LogP contribution in [0.4, 0.5) is 5.69 Å². The van der Waals surface area contributed by atoms with Crippen molar-refractivity contribution in [2.45, 2.75) is 32.0 Å². The summed E-state index contributed by atoms with van der Waals surface area (Å²) in [7, 11) is 0. The second-order valence-electron chi connectivity index (χ2n) is 6.63. The van der Waals surface area contributed by atoms with Crippen LogP contribution in [-0.4, -0.2) is 44.0 Å². The Hall–Kier alpha value is -2.44. The Morgan fingerprint density at radius 3 is 2.88 bits per heavy atom. The highest BCUT2D eigenvalue weighted by molar-refractivity contribution is 5.54. The van der Waals surface area contributed by atoms with Crippen LogP contribution in [0.15, 0.2) is 48.8 Å². The number of rotatable bonds is 5. The molecule has 3 aromatic rings. The van der Waals surface area contributed by atoms with Gasteiger partial charge in [-0.3, -0.25) is 4.90 Å². The maximum Gasteiger partial charge on any atom is 0.0923 e. The predicted octanol–water partition coefficient (Wildman–Crippen LogP) is 2.30. The van der Waals surface area contributed by atoms with Gasteiger partial charge in [-0.25, -0.2) is 0 Å². The van der Waals surface area contributed by atoms with Gasteiger partial charge in [0, 0.05) is 43.6 Å². The Kier molecular flexibility index (Phi) is 4.63. The van der Waals surface area contributed by atoms with Gasteiger partial charge in [0.2, 0.25) is 0 Å². The summed E-state index contributed by atoms with van der Waals surface area (Å²) < 4.78 is 1.65. The van der Waals surface area contributed by atoms with Crippen LogP contribution < -0.4 is 5.32 Å². The van der Waals surface area contributed by atoms with Gasteiger partial charge in [0.15, 0.2) is 0 Å². The molecule has 0 aliphatic carbocycles. The highest BCUT2D eigenvalue weighted by atomic mass is 16.3. The number of aromatic nitrogens is 3. The fourth-order valence-electron chi connectivity index (χ4n) is 3.33. The normalized spacial score (nSPS) is 16.4. The van der Waals surface area contributed by atoms with E-state index in [0.29, 0.717) is 6.54 Å². The molecular weight excluding hydrogens is 314 g/mol. The number of benzene rings is 1. The van der Waals surface area contributed by atoms with Crippen molar-refractivity contribution in [3.8, 4) is 0 Å². The first-order valence-electron chi connectivity index (χ1n) is 8.79. The quantitative estimate of drug-likeness (QED) is 0.748. The minimum atomic E-state index is -0.121. The van der Waals surface area contributed by atoms with Crippen molar-refractivity contribution < 1.29 is 5.11 Å². The van der Waals surface area contributed by atoms with Crippen molar-refractivity contribution >= 4 is 11.2 Å². The average molecular weight is 337 g/mol. The van der Waals surface area contributed by atoms with Gasteiger partial charge in [0.1, 0.15) is 0 Å². The fraction of sp³-hybridized carbons (Fsp3) is 0.368. The summed E-state index contributed by atoms with van der Waals surface area (Å²) in [5.74, 6) is 0. The highest BCUT2D eigenvalue weighted by Gasteiger charge is 2.16. The first-order valence-corrected chi connectivity index (χ1v) is 8.79. The zero-order valence-corrected chi connectivity index (χ0v) is 14.2. The number of aliphatic hydroxyl groups excluding tert-OH is 1. The van der Waals surface area contributed by atoms with Gasteiger partial charge < -0.3 is 10.4 Å². The van der Waals surface area contributed by atoms with Crippen LogP contribution in [-0.2, 0) is 13.1 Å². The van der Waals surface area contributed by atoms with E-state index in [0.717, 1.165) is 49.2 Å². The molecule has 0 radical (unpaired) electrons. The molecule has 0 spiro atoms. The Morgan fingerprint density at radius 2 is 2.00 bits per heavy atom. The second-order valence-corrected chi connectivity index (χ2v) is 6.63. The van der Waals surface area contributed by atoms with Crippen LogP contribution in [0, 0.1) is 0 Å². The number of fused-ring (bicyclic) bond motifs is 1. The summed E-state index contributed by atoms with van der Waals surface area (Å²) in [5, 5.41) is 21.6. The van der Waals surface area contributed by atoms with E-state index < -0.39 is 0 Å². The molecule has 2 N–H and O–H groups in total. The maximum atomic E-state index is 9.62. The summed E-state index contributed by atoms with van der Waals surface area (Å²) >= 11 is 0. The topological polar surface area (TPSA) is 65.7 Å². The molecule has 1 fully saturated rings. The molecule has 1 aliphatic heterocycles. The smallest absolute Gasteiger partial charge is 0.0923 e. The van der Waals surface area contributed by atoms with Crippen molar-refractivity contribution in [3.63, 3.8) is 0 Å². The van der Waals surface area contributed by atoms with Crippen molar-refractivity contribution in [3.05, 3.63) is 59.9 Å². The van der Waals surface area contributed by atoms with E-state index in [2.05, 4.69) is 44.7 Å². The van der Waals surface area contributed by atoms with E-state index in [4.69, 9.17) is 0 Å². The lowest BCUT2D eigenvalue weighted by atomic mass is 10.1. The molecule has 6 heteroatoms. The molecule has 130 valence electrons. The molecule has 0 atom stereocenters. The summed E-state index contributed by atoms with van der Waals surface area (Å²) in [6, 6.07) is 12.5. The van der Waals surface area contributed by atoms with Gasteiger partial charge in [0.25, 0.3) is 0 Å². The van der Waals surface area contributed by atoms with Gasteiger partial charge >= 0.3 is 0 Å². The molecule has 0 saturated carbocycles. The lowest BCUT2D eigenvalue weighted by molar-refractivity contribution is 0.0792. The molecule has 1 saturated heterocycles. The largest absolute Gasteiger partial charge is 0.393 e. The molecule has 1 aromatic carbocycles. The Morgan fingerprint density at radius 1 is 1.12 bits per heavy atom. The molecule has 2 aromatic heterocycles. The molecule has 0 bridgehead atoms. The van der Waals surface area contributed by atoms with Gasteiger partial charge in [-0.1, -0.05) is 12.1 Å². The van der Waals surface area contributed by atoms with E-state index in [9.17, 15) is 5.11 Å². The number of nitrogens with one attached hydrogen (secondary N) is 1. The third kappa shape index (κ3) is 3.81. The molecule has 6 nitrogen and oxygen atoms in total. The molecule has 4 rings (SSSR count). The number of likely N-dealkylation sites (tertiary alicyclic amines) is 1. The standard InChI is InChI=1S/C19H23N5O/c25-18-6-9-23(10-7-18)14-15-3-1-4-17(11-15)20-12-16-13-22-24-19(16)5-2-8-21-24/h1-5,8,11,13,18,20,25H,6-7,9-10,12,14H2. The summed E-state index contributed by atoms with van der Waals surface area (Å²) in [6.45, 7) is 3.58. The fourth-order valence-corrected chi connectivity index (χ4v) is 3.33. The van der Waals surface area contributed by atoms with Gasteiger partial charge in [-0.15, -0.1) is 0 Å². The number of hydrogen-bond donors (Lipinski definition) is 2. The van der Waals surface area contributed by atoms with E-state index in [1.807, 2.05) is 18.3 Å². The lowest BCUT2D eigenvalue weighted by Crippen LogP contribution is -2.35. The monoisotopic (exact) mass is 337 g/mol. The first-order chi connectivity index (χ1) is 12.3. The number of piperidine rings is 1. The van der Waals surface area contributed by atoms with Crippen LogP contribution in [0.1, 0.15) is 24.0 Å². The van der Waals surface area contributed by atoms with Crippen LogP contribution in [0.25, 0.3) is 5.52 Å². The zero-order chi connectivity index (χ0) is 17.1. The maximum absolute atomic E-state index is 9.62. The van der Waals surface area contributed by atoms with Crippen molar-refractivity contribution in [1.82, 2.24) is 19.7 Å². The van der Waals surface area contributed by atoms with Crippen LogP contribution in [0.2, 0.25) is 0 Å². The molecule has 1 aliphatic rings. The number of anilines is 1. The Labute approximate surface area is 147 Å². The van der Waals surface area contributed by atoms with Crippen LogP contribution in [0.3, 0.4) is 0 Å². The Balaban J connectivity index is 1.39. The first kappa shape index (κ1) is 16.1. The van der Waals surface area contributed by atoms with E-state index in [1.165, 1.54) is 5.56 Å². The van der Waals surface area contributed by atoms with Crippen molar-refractivity contribution in [1.29, 1.82) is 0 Å². The van der Waals surface area contributed by atoms with Crippen molar-refractivity contribution in [2.24, 2.45) is 0 Å². The number of hydrogen-bond acceptors (Lipinski definition) is 5. The molecule has 0 unspecified atom stereocenters. The minimum Gasteiger partial charge on any atom is -0.393 e.